The van der Waals surface area contributed by atoms with Gasteiger partial charge in [0.25, 0.3) is 0 Å². The maximum atomic E-state index is 12.5. The van der Waals surface area contributed by atoms with Crippen molar-refractivity contribution in [2.75, 3.05) is 13.1 Å². The Bertz CT molecular complexity index is 138. The SMILES string of the molecule is CC1(F)CN(C(=N)[O-])C1. The molecule has 3 nitrogen and oxygen atoms in total. The lowest BCUT2D eigenvalue weighted by molar-refractivity contribution is -0.246. The van der Waals surface area contributed by atoms with Gasteiger partial charge in [0.1, 0.15) is 5.67 Å². The van der Waals surface area contributed by atoms with Crippen molar-refractivity contribution >= 4 is 6.02 Å². The second-order valence-corrected chi connectivity index (χ2v) is 2.57. The van der Waals surface area contributed by atoms with Gasteiger partial charge in [0.2, 0.25) is 0 Å². The summed E-state index contributed by atoms with van der Waals surface area (Å²) in [6.07, 6.45) is 0. The number of hydrogen-bond donors (Lipinski definition) is 1. The van der Waals surface area contributed by atoms with E-state index in [1.807, 2.05) is 0 Å². The molecule has 1 saturated heterocycles. The highest BCUT2D eigenvalue weighted by Gasteiger charge is 2.37. The molecule has 4 heteroatoms. The molecule has 1 heterocycles. The van der Waals surface area contributed by atoms with E-state index in [1.54, 1.807) is 0 Å². The molecule has 0 aromatic carbocycles. The predicted molar refractivity (Wildman–Crippen MR) is 28.8 cm³/mol. The van der Waals surface area contributed by atoms with E-state index in [1.165, 1.54) is 6.92 Å². The summed E-state index contributed by atoms with van der Waals surface area (Å²) in [4.78, 5) is 1.15. The van der Waals surface area contributed by atoms with Gasteiger partial charge in [0.05, 0.1) is 13.1 Å². The van der Waals surface area contributed by atoms with E-state index < -0.39 is 11.7 Å². The number of hydrogen-bond acceptors (Lipinski definition) is 2. The van der Waals surface area contributed by atoms with Crippen LogP contribution in [0.4, 0.5) is 4.39 Å². The Morgan fingerprint density at radius 2 is 2.22 bits per heavy atom. The lowest BCUT2D eigenvalue weighted by atomic mass is 10.0. The van der Waals surface area contributed by atoms with Crippen LogP contribution in [0.2, 0.25) is 0 Å². The van der Waals surface area contributed by atoms with Gasteiger partial charge in [-0.3, -0.25) is 5.41 Å². The first-order valence-electron chi connectivity index (χ1n) is 2.71. The third-order valence-corrected chi connectivity index (χ3v) is 1.33. The molecule has 0 bridgehead atoms. The summed E-state index contributed by atoms with van der Waals surface area (Å²) in [5, 5.41) is 16.7. The number of rotatable bonds is 0. The van der Waals surface area contributed by atoms with Crippen LogP contribution in [0.25, 0.3) is 0 Å². The van der Waals surface area contributed by atoms with Gasteiger partial charge in [-0.15, -0.1) is 0 Å². The zero-order valence-corrected chi connectivity index (χ0v) is 5.15. The van der Waals surface area contributed by atoms with Crippen LogP contribution in [0.1, 0.15) is 6.92 Å². The van der Waals surface area contributed by atoms with Crippen LogP contribution in [-0.4, -0.2) is 29.7 Å². The summed E-state index contributed by atoms with van der Waals surface area (Å²) in [6.45, 7) is 1.58. The fraction of sp³-hybridized carbons (Fsp3) is 0.800. The summed E-state index contributed by atoms with van der Waals surface area (Å²) in [5.74, 6) is 0. The van der Waals surface area contributed by atoms with Gasteiger partial charge < -0.3 is 10.0 Å². The zero-order chi connectivity index (χ0) is 7.07. The maximum Gasteiger partial charge on any atom is 0.142 e. The minimum atomic E-state index is -1.24. The Labute approximate surface area is 52.6 Å². The lowest BCUT2D eigenvalue weighted by Gasteiger charge is -2.45. The smallest absolute Gasteiger partial charge is 0.142 e. The van der Waals surface area contributed by atoms with Crippen LogP contribution in [0.15, 0.2) is 0 Å². The zero-order valence-electron chi connectivity index (χ0n) is 5.15. The Hall–Kier alpha value is -0.800. The number of likely N-dealkylation sites (tertiary alicyclic amines) is 1. The molecule has 0 atom stereocenters. The topological polar surface area (TPSA) is 50.2 Å². The molecule has 0 amide bonds. The fourth-order valence-electron chi connectivity index (χ4n) is 0.893. The molecule has 0 spiro atoms. The largest absolute Gasteiger partial charge is 0.846 e. The average Bonchev–Trinajstić information content (AvgIpc) is 1.59. The molecule has 0 unspecified atom stereocenters. The van der Waals surface area contributed by atoms with Gasteiger partial charge in [-0.2, -0.15) is 0 Å². The normalized spacial score (nSPS) is 23.1. The molecule has 0 saturated carbocycles. The van der Waals surface area contributed by atoms with Crippen LogP contribution in [-0.2, 0) is 0 Å². The quantitative estimate of drug-likeness (QED) is 0.350. The van der Waals surface area contributed by atoms with Crippen molar-refractivity contribution in [1.82, 2.24) is 4.90 Å². The molecule has 1 rings (SSSR count). The van der Waals surface area contributed by atoms with Crippen molar-refractivity contribution in [2.45, 2.75) is 12.6 Å². The number of alkyl halides is 1. The molecule has 1 aliphatic rings. The number of nitrogens with zero attached hydrogens (tertiary/aromatic N) is 1. The van der Waals surface area contributed by atoms with Crippen molar-refractivity contribution in [3.05, 3.63) is 0 Å². The summed E-state index contributed by atoms with van der Waals surface area (Å²) in [5.41, 5.74) is -1.24. The first kappa shape index (κ1) is 6.32. The van der Waals surface area contributed by atoms with E-state index in [0.717, 1.165) is 4.90 Å². The van der Waals surface area contributed by atoms with Crippen LogP contribution in [0.5, 0.6) is 0 Å². The summed E-state index contributed by atoms with van der Waals surface area (Å²) in [7, 11) is 0. The Kier molecular flexibility index (Phi) is 1.12. The second-order valence-electron chi connectivity index (χ2n) is 2.57. The van der Waals surface area contributed by atoms with Gasteiger partial charge >= 0.3 is 0 Å². The van der Waals surface area contributed by atoms with Crippen molar-refractivity contribution in [3.8, 4) is 0 Å². The Morgan fingerprint density at radius 1 is 1.78 bits per heavy atom. The standard InChI is InChI=1S/C5H9FN2O/c1-5(6)2-8(3-5)4(7)9/h2-3H2,1H3,(H2,7,9)/p-1. The van der Waals surface area contributed by atoms with Gasteiger partial charge in [0.15, 0.2) is 0 Å². The monoisotopic (exact) mass is 131 g/mol. The lowest BCUT2D eigenvalue weighted by Crippen LogP contribution is -2.61. The van der Waals surface area contributed by atoms with Crippen LogP contribution in [0.3, 0.4) is 0 Å². The molecule has 1 N–H and O–H groups in total. The molecule has 0 aliphatic carbocycles. The van der Waals surface area contributed by atoms with E-state index in [4.69, 9.17) is 5.41 Å². The number of nitrogens with one attached hydrogen (secondary N) is 1. The molecule has 0 aromatic rings. The molecule has 1 fully saturated rings. The van der Waals surface area contributed by atoms with Crippen molar-refractivity contribution in [1.29, 1.82) is 5.41 Å². The fourth-order valence-corrected chi connectivity index (χ4v) is 0.893. The molecule has 52 valence electrons. The molecule has 1 aliphatic heterocycles. The highest BCUT2D eigenvalue weighted by molar-refractivity contribution is 5.66. The Balaban J connectivity index is 2.35. The minimum absolute atomic E-state index is 0.0787. The van der Waals surface area contributed by atoms with Crippen molar-refractivity contribution in [2.24, 2.45) is 0 Å². The molecule has 9 heavy (non-hydrogen) atoms. The van der Waals surface area contributed by atoms with Crippen LogP contribution < -0.4 is 5.11 Å². The maximum absolute atomic E-state index is 12.5. The van der Waals surface area contributed by atoms with Crippen molar-refractivity contribution < 1.29 is 9.50 Å². The number of amidine groups is 1. The minimum Gasteiger partial charge on any atom is -0.846 e. The molecule has 0 aromatic heterocycles. The van der Waals surface area contributed by atoms with Gasteiger partial charge in [-0.1, -0.05) is 0 Å². The molecule has 0 radical (unpaired) electrons. The number of halogens is 1. The van der Waals surface area contributed by atoms with E-state index in [0.29, 0.717) is 0 Å². The molecular formula is C5H8FN2O-. The predicted octanol–water partition coefficient (Wildman–Crippen LogP) is -0.675. The third-order valence-electron chi connectivity index (χ3n) is 1.33. The average molecular weight is 131 g/mol. The highest BCUT2D eigenvalue weighted by atomic mass is 19.1. The van der Waals surface area contributed by atoms with E-state index in [9.17, 15) is 9.50 Å². The second kappa shape index (κ2) is 1.59. The van der Waals surface area contributed by atoms with Crippen LogP contribution >= 0.6 is 0 Å². The van der Waals surface area contributed by atoms with Gasteiger partial charge in [0, 0.05) is 6.02 Å². The van der Waals surface area contributed by atoms with Gasteiger partial charge in [-0.05, 0) is 6.92 Å². The van der Waals surface area contributed by atoms with Crippen molar-refractivity contribution in [3.63, 3.8) is 0 Å². The Morgan fingerprint density at radius 3 is 2.33 bits per heavy atom. The van der Waals surface area contributed by atoms with E-state index >= 15 is 0 Å². The highest BCUT2D eigenvalue weighted by Crippen LogP contribution is 2.22. The van der Waals surface area contributed by atoms with E-state index in [2.05, 4.69) is 0 Å². The first-order chi connectivity index (χ1) is 4.01. The summed E-state index contributed by atoms with van der Waals surface area (Å²) >= 11 is 0. The van der Waals surface area contributed by atoms with E-state index in [-0.39, 0.29) is 13.1 Å². The summed E-state index contributed by atoms with van der Waals surface area (Å²) in [6, 6.07) is -0.787. The third kappa shape index (κ3) is 1.12. The van der Waals surface area contributed by atoms with Gasteiger partial charge in [-0.25, -0.2) is 4.39 Å². The first-order valence-corrected chi connectivity index (χ1v) is 2.71. The van der Waals surface area contributed by atoms with Crippen LogP contribution in [0, 0.1) is 5.41 Å². The summed E-state index contributed by atoms with van der Waals surface area (Å²) < 4.78 is 12.5. The molecular weight excluding hydrogens is 123 g/mol.